The van der Waals surface area contributed by atoms with Gasteiger partial charge in [-0.25, -0.2) is 0 Å². The standard InChI is InChI=1S/C27H41NO/c1-25-14-11-24-22(8-6-20-17-21(29)10-13-26(20,24)2)23(25)9-7-19(25)5-3-4-12-27(18-28)15-16-27/h6,19,21-24,29H,3-5,7-17H2,1-2H3/t19?,21?,22-,23?,24?,25?,26-/m0/s1. The highest BCUT2D eigenvalue weighted by Gasteiger charge is 2.58. The van der Waals surface area contributed by atoms with Gasteiger partial charge >= 0.3 is 0 Å². The van der Waals surface area contributed by atoms with E-state index in [0.717, 1.165) is 55.8 Å². The topological polar surface area (TPSA) is 44.0 Å². The molecule has 0 bridgehead atoms. The Morgan fingerprint density at radius 1 is 1.03 bits per heavy atom. The molecule has 7 atom stereocenters. The van der Waals surface area contributed by atoms with Crippen molar-refractivity contribution < 1.29 is 5.11 Å². The highest BCUT2D eigenvalue weighted by Crippen LogP contribution is 2.66. The average molecular weight is 396 g/mol. The number of hydrogen-bond donors (Lipinski definition) is 1. The fraction of sp³-hybridized carbons (Fsp3) is 0.889. The third-order valence-corrected chi connectivity index (χ3v) is 10.8. The summed E-state index contributed by atoms with van der Waals surface area (Å²) in [4.78, 5) is 0. The molecular formula is C27H41NO. The summed E-state index contributed by atoms with van der Waals surface area (Å²) >= 11 is 0. The number of aliphatic hydroxyl groups excluding tert-OH is 1. The fourth-order valence-electron chi connectivity index (χ4n) is 8.65. The van der Waals surface area contributed by atoms with Crippen molar-refractivity contribution in [2.24, 2.45) is 39.9 Å². The fourth-order valence-corrected chi connectivity index (χ4v) is 8.65. The Balaban J connectivity index is 1.24. The number of unbranched alkanes of at least 4 members (excludes halogenated alkanes) is 1. The lowest BCUT2D eigenvalue weighted by Crippen LogP contribution is -2.50. The molecule has 0 radical (unpaired) electrons. The number of hydrogen-bond acceptors (Lipinski definition) is 2. The van der Waals surface area contributed by atoms with Crippen LogP contribution in [0.3, 0.4) is 0 Å². The molecule has 0 aliphatic heterocycles. The van der Waals surface area contributed by atoms with E-state index in [1.165, 1.54) is 57.8 Å². The SMILES string of the molecule is CC12CCC3[C@@H](CC=C4CC(O)CC[C@@]43C)C1CCC2CCCCC1(C#N)CC1. The maximum atomic E-state index is 10.2. The minimum absolute atomic E-state index is 0.0913. The molecule has 0 heterocycles. The minimum Gasteiger partial charge on any atom is -0.393 e. The zero-order chi connectivity index (χ0) is 20.3. The lowest BCUT2D eigenvalue weighted by Gasteiger charge is -2.58. The van der Waals surface area contributed by atoms with E-state index in [1.54, 1.807) is 5.57 Å². The number of nitriles is 1. The Bertz CT molecular complexity index is 715. The molecule has 5 aliphatic carbocycles. The first-order valence-corrected chi connectivity index (χ1v) is 12.7. The van der Waals surface area contributed by atoms with Gasteiger partial charge in [0.25, 0.3) is 0 Å². The summed E-state index contributed by atoms with van der Waals surface area (Å²) in [6.07, 6.45) is 20.1. The van der Waals surface area contributed by atoms with Gasteiger partial charge in [-0.15, -0.1) is 0 Å². The monoisotopic (exact) mass is 395 g/mol. The van der Waals surface area contributed by atoms with Crippen LogP contribution in [0.25, 0.3) is 0 Å². The molecule has 2 heteroatoms. The summed E-state index contributed by atoms with van der Waals surface area (Å²) in [6.45, 7) is 5.19. The summed E-state index contributed by atoms with van der Waals surface area (Å²) in [7, 11) is 0. The first kappa shape index (κ1) is 20.1. The molecule has 160 valence electrons. The molecule has 4 fully saturated rings. The lowest BCUT2D eigenvalue weighted by molar-refractivity contribution is -0.0508. The average Bonchev–Trinajstić information content (AvgIpc) is 3.41. The minimum atomic E-state index is -0.0913. The van der Waals surface area contributed by atoms with Gasteiger partial charge in [0.2, 0.25) is 0 Å². The van der Waals surface area contributed by atoms with Crippen LogP contribution in [0.4, 0.5) is 0 Å². The van der Waals surface area contributed by atoms with Crippen molar-refractivity contribution in [3.63, 3.8) is 0 Å². The first-order chi connectivity index (χ1) is 13.9. The molecule has 4 saturated carbocycles. The van der Waals surface area contributed by atoms with Crippen LogP contribution in [-0.4, -0.2) is 11.2 Å². The molecule has 29 heavy (non-hydrogen) atoms. The summed E-state index contributed by atoms with van der Waals surface area (Å²) in [5.74, 6) is 3.58. The molecule has 0 aromatic rings. The molecule has 0 aromatic heterocycles. The predicted octanol–water partition coefficient (Wildman–Crippen LogP) is 6.79. The number of fused-ring (bicyclic) bond motifs is 5. The van der Waals surface area contributed by atoms with Crippen LogP contribution in [0.1, 0.15) is 104 Å². The molecule has 2 nitrogen and oxygen atoms in total. The lowest BCUT2D eigenvalue weighted by atomic mass is 9.47. The summed E-state index contributed by atoms with van der Waals surface area (Å²) in [6, 6.07) is 2.57. The van der Waals surface area contributed by atoms with Gasteiger partial charge < -0.3 is 5.11 Å². The first-order valence-electron chi connectivity index (χ1n) is 12.7. The second-order valence-corrected chi connectivity index (χ2v) is 12.1. The molecular weight excluding hydrogens is 354 g/mol. The number of rotatable bonds is 5. The van der Waals surface area contributed by atoms with E-state index in [2.05, 4.69) is 26.0 Å². The summed E-state index contributed by atoms with van der Waals surface area (Å²) in [5.41, 5.74) is 2.62. The zero-order valence-corrected chi connectivity index (χ0v) is 18.8. The molecule has 1 N–H and O–H groups in total. The third-order valence-electron chi connectivity index (χ3n) is 10.8. The van der Waals surface area contributed by atoms with Crippen molar-refractivity contribution in [1.29, 1.82) is 5.26 Å². The van der Waals surface area contributed by atoms with Crippen LogP contribution < -0.4 is 0 Å². The van der Waals surface area contributed by atoms with Crippen molar-refractivity contribution in [2.45, 2.75) is 110 Å². The van der Waals surface area contributed by atoms with E-state index < -0.39 is 0 Å². The summed E-state index contributed by atoms with van der Waals surface area (Å²) < 4.78 is 0. The van der Waals surface area contributed by atoms with E-state index in [1.807, 2.05) is 0 Å². The molecule has 5 aliphatic rings. The van der Waals surface area contributed by atoms with Gasteiger partial charge in [-0.1, -0.05) is 38.3 Å². The Labute approximate surface area is 178 Å². The molecule has 5 unspecified atom stereocenters. The van der Waals surface area contributed by atoms with E-state index >= 15 is 0 Å². The van der Waals surface area contributed by atoms with E-state index in [-0.39, 0.29) is 11.5 Å². The van der Waals surface area contributed by atoms with Crippen molar-refractivity contribution in [2.75, 3.05) is 0 Å². The van der Waals surface area contributed by atoms with Crippen LogP contribution in [-0.2, 0) is 0 Å². The Morgan fingerprint density at radius 2 is 1.86 bits per heavy atom. The Morgan fingerprint density at radius 3 is 2.62 bits per heavy atom. The normalized spacial score (nSPS) is 47.4. The van der Waals surface area contributed by atoms with E-state index in [9.17, 15) is 10.4 Å². The van der Waals surface area contributed by atoms with Gasteiger partial charge in [-0.2, -0.15) is 5.26 Å². The van der Waals surface area contributed by atoms with Gasteiger partial charge in [0.1, 0.15) is 0 Å². The second-order valence-electron chi connectivity index (χ2n) is 12.1. The van der Waals surface area contributed by atoms with Crippen LogP contribution >= 0.6 is 0 Å². The van der Waals surface area contributed by atoms with Crippen molar-refractivity contribution >= 4 is 0 Å². The largest absolute Gasteiger partial charge is 0.393 e. The van der Waals surface area contributed by atoms with Crippen LogP contribution in [0, 0.1) is 51.2 Å². The van der Waals surface area contributed by atoms with Crippen molar-refractivity contribution in [1.82, 2.24) is 0 Å². The number of nitrogens with zero attached hydrogens (tertiary/aromatic N) is 1. The third kappa shape index (κ3) is 3.22. The van der Waals surface area contributed by atoms with Crippen LogP contribution in [0.2, 0.25) is 0 Å². The Hall–Kier alpha value is -0.810. The van der Waals surface area contributed by atoms with Gasteiger partial charge in [-0.3, -0.25) is 0 Å². The predicted molar refractivity (Wildman–Crippen MR) is 117 cm³/mol. The smallest absolute Gasteiger partial charge is 0.0689 e. The summed E-state index contributed by atoms with van der Waals surface area (Å²) in [5, 5.41) is 19.5. The van der Waals surface area contributed by atoms with Crippen molar-refractivity contribution in [3.05, 3.63) is 11.6 Å². The maximum absolute atomic E-state index is 10.2. The highest BCUT2D eigenvalue weighted by molar-refractivity contribution is 5.25. The molecule has 0 saturated heterocycles. The number of aliphatic hydroxyl groups is 1. The molecule has 0 spiro atoms. The van der Waals surface area contributed by atoms with Gasteiger partial charge in [-0.05, 0) is 112 Å². The van der Waals surface area contributed by atoms with Gasteiger partial charge in [0.05, 0.1) is 17.6 Å². The van der Waals surface area contributed by atoms with Crippen molar-refractivity contribution in [3.8, 4) is 6.07 Å². The number of allylic oxidation sites excluding steroid dienone is 1. The highest BCUT2D eigenvalue weighted by atomic mass is 16.3. The van der Waals surface area contributed by atoms with E-state index in [4.69, 9.17) is 0 Å². The zero-order valence-electron chi connectivity index (χ0n) is 18.8. The molecule has 0 aromatic carbocycles. The van der Waals surface area contributed by atoms with Crippen LogP contribution in [0.15, 0.2) is 11.6 Å². The van der Waals surface area contributed by atoms with Gasteiger partial charge in [0, 0.05) is 0 Å². The van der Waals surface area contributed by atoms with Gasteiger partial charge in [0.15, 0.2) is 0 Å². The quantitative estimate of drug-likeness (QED) is 0.411. The second kappa shape index (κ2) is 7.12. The molecule has 0 amide bonds. The van der Waals surface area contributed by atoms with Crippen LogP contribution in [0.5, 0.6) is 0 Å². The maximum Gasteiger partial charge on any atom is 0.0689 e. The molecule has 5 rings (SSSR count). The van der Waals surface area contributed by atoms with E-state index in [0.29, 0.717) is 10.8 Å². The Kier molecular flexibility index (Phi) is 4.94.